The Morgan fingerprint density at radius 2 is 2.43 bits per heavy atom. The van der Waals surface area contributed by atoms with Gasteiger partial charge in [-0.3, -0.25) is 0 Å². The van der Waals surface area contributed by atoms with E-state index < -0.39 is 0 Å². The Bertz CT molecular complexity index is 378. The normalized spacial score (nSPS) is 10.4. The van der Waals surface area contributed by atoms with Gasteiger partial charge in [-0.25, -0.2) is 4.68 Å². The molecule has 14 heavy (non-hydrogen) atoms. The molecule has 0 radical (unpaired) electrons. The third-order valence-electron chi connectivity index (χ3n) is 2.09. The van der Waals surface area contributed by atoms with Gasteiger partial charge in [0.25, 0.3) is 0 Å². The first-order valence-electron chi connectivity index (χ1n) is 4.38. The van der Waals surface area contributed by atoms with E-state index in [9.17, 15) is 0 Å². The summed E-state index contributed by atoms with van der Waals surface area (Å²) in [5.74, 6) is 1.66. The van der Waals surface area contributed by atoms with Crippen LogP contribution in [0.2, 0.25) is 0 Å². The minimum absolute atomic E-state index is 0.630. The van der Waals surface area contributed by atoms with E-state index in [0.29, 0.717) is 6.54 Å². The monoisotopic (exact) mass is 192 g/mol. The maximum atomic E-state index is 5.28. The van der Waals surface area contributed by atoms with E-state index in [1.54, 1.807) is 10.9 Å². The van der Waals surface area contributed by atoms with Crippen LogP contribution < -0.4 is 5.32 Å². The predicted octanol–water partition coefficient (Wildman–Crippen LogP) is 1.33. The fourth-order valence-corrected chi connectivity index (χ4v) is 1.20. The molecule has 1 N–H and O–H groups in total. The molecule has 2 aromatic rings. The van der Waals surface area contributed by atoms with Gasteiger partial charge in [-0.1, -0.05) is 0 Å². The highest BCUT2D eigenvalue weighted by molar-refractivity contribution is 5.26. The molecule has 74 valence electrons. The van der Waals surface area contributed by atoms with E-state index in [2.05, 4.69) is 15.4 Å². The third kappa shape index (κ3) is 1.61. The molecule has 0 spiro atoms. The van der Waals surface area contributed by atoms with Gasteiger partial charge >= 0.3 is 0 Å². The Kier molecular flexibility index (Phi) is 2.22. The van der Waals surface area contributed by atoms with Gasteiger partial charge in [-0.2, -0.15) is 10.1 Å². The Morgan fingerprint density at radius 1 is 1.57 bits per heavy atom. The van der Waals surface area contributed by atoms with Gasteiger partial charge in [0.05, 0.1) is 12.8 Å². The summed E-state index contributed by atoms with van der Waals surface area (Å²) in [5.41, 5.74) is 1.14. The van der Waals surface area contributed by atoms with Crippen LogP contribution >= 0.6 is 0 Å². The van der Waals surface area contributed by atoms with Crippen molar-refractivity contribution in [3.05, 3.63) is 30.0 Å². The first-order chi connectivity index (χ1) is 6.77. The highest BCUT2D eigenvalue weighted by Gasteiger charge is 2.03. The molecule has 2 aromatic heterocycles. The molecule has 0 atom stereocenters. The van der Waals surface area contributed by atoms with Crippen LogP contribution in [0.4, 0.5) is 5.95 Å². The summed E-state index contributed by atoms with van der Waals surface area (Å²) < 4.78 is 6.96. The fourth-order valence-electron chi connectivity index (χ4n) is 1.20. The minimum atomic E-state index is 0.630. The maximum Gasteiger partial charge on any atom is 0.221 e. The van der Waals surface area contributed by atoms with Gasteiger partial charge < -0.3 is 9.73 Å². The van der Waals surface area contributed by atoms with Crippen LogP contribution in [0.15, 0.2) is 23.1 Å². The van der Waals surface area contributed by atoms with Crippen molar-refractivity contribution in [2.75, 3.05) is 5.32 Å². The predicted molar refractivity (Wildman–Crippen MR) is 51.8 cm³/mol. The number of anilines is 1. The number of aryl methyl sites for hydroxylation is 2. The van der Waals surface area contributed by atoms with Crippen molar-refractivity contribution in [3.8, 4) is 0 Å². The molecule has 0 bridgehead atoms. The molecule has 2 rings (SSSR count). The molecular weight excluding hydrogens is 180 g/mol. The molecule has 0 aliphatic carbocycles. The van der Waals surface area contributed by atoms with Crippen molar-refractivity contribution < 1.29 is 4.42 Å². The number of aromatic nitrogens is 3. The number of nitrogens with zero attached hydrogens (tertiary/aromatic N) is 3. The molecular formula is C9H12N4O. The number of rotatable bonds is 3. The first kappa shape index (κ1) is 8.80. The van der Waals surface area contributed by atoms with Gasteiger partial charge in [0.15, 0.2) is 0 Å². The maximum absolute atomic E-state index is 5.28. The molecule has 0 aliphatic heterocycles. The van der Waals surface area contributed by atoms with Gasteiger partial charge in [-0.15, -0.1) is 0 Å². The Balaban J connectivity index is 2.02. The molecule has 0 amide bonds. The van der Waals surface area contributed by atoms with Crippen LogP contribution in [-0.2, 0) is 13.6 Å². The number of hydrogen-bond acceptors (Lipinski definition) is 4. The molecule has 5 nitrogen and oxygen atoms in total. The zero-order valence-corrected chi connectivity index (χ0v) is 8.19. The number of furan rings is 1. The second-order valence-electron chi connectivity index (χ2n) is 3.09. The average Bonchev–Trinajstić information content (AvgIpc) is 2.72. The topological polar surface area (TPSA) is 55.9 Å². The summed E-state index contributed by atoms with van der Waals surface area (Å²) in [6, 6.07) is 1.94. The number of nitrogens with one attached hydrogen (secondary N) is 1. The van der Waals surface area contributed by atoms with E-state index in [4.69, 9.17) is 4.42 Å². The Morgan fingerprint density at radius 3 is 3.00 bits per heavy atom. The van der Waals surface area contributed by atoms with Crippen LogP contribution in [0.5, 0.6) is 0 Å². The molecule has 0 saturated heterocycles. The van der Waals surface area contributed by atoms with E-state index in [1.807, 2.05) is 20.0 Å². The zero-order chi connectivity index (χ0) is 9.97. The van der Waals surface area contributed by atoms with E-state index in [-0.39, 0.29) is 0 Å². The van der Waals surface area contributed by atoms with Crippen LogP contribution in [0.3, 0.4) is 0 Å². The average molecular weight is 192 g/mol. The molecule has 0 saturated carbocycles. The van der Waals surface area contributed by atoms with Crippen molar-refractivity contribution in [2.24, 2.45) is 7.05 Å². The zero-order valence-electron chi connectivity index (χ0n) is 8.19. The fraction of sp³-hybridized carbons (Fsp3) is 0.333. The number of hydrogen-bond donors (Lipinski definition) is 1. The second kappa shape index (κ2) is 3.53. The third-order valence-corrected chi connectivity index (χ3v) is 2.09. The molecule has 0 fully saturated rings. The summed E-state index contributed by atoms with van der Waals surface area (Å²) >= 11 is 0. The van der Waals surface area contributed by atoms with Crippen molar-refractivity contribution >= 4 is 5.95 Å². The van der Waals surface area contributed by atoms with Crippen LogP contribution in [-0.4, -0.2) is 14.8 Å². The van der Waals surface area contributed by atoms with Crippen molar-refractivity contribution in [1.82, 2.24) is 14.8 Å². The Hall–Kier alpha value is -1.78. The SMILES string of the molecule is Cc1ccoc1CNc1ncnn1C. The molecule has 0 aromatic carbocycles. The highest BCUT2D eigenvalue weighted by atomic mass is 16.3. The Labute approximate surface area is 81.8 Å². The summed E-state index contributed by atoms with van der Waals surface area (Å²) in [4.78, 5) is 4.04. The molecule has 0 aliphatic rings. The second-order valence-corrected chi connectivity index (χ2v) is 3.09. The lowest BCUT2D eigenvalue weighted by molar-refractivity contribution is 0.514. The van der Waals surface area contributed by atoms with Gasteiger partial charge in [0.2, 0.25) is 5.95 Å². The quantitative estimate of drug-likeness (QED) is 0.797. The van der Waals surface area contributed by atoms with Crippen LogP contribution in [0.25, 0.3) is 0 Å². The van der Waals surface area contributed by atoms with Gasteiger partial charge in [0, 0.05) is 7.05 Å². The summed E-state index contributed by atoms with van der Waals surface area (Å²) in [5, 5.41) is 7.08. The van der Waals surface area contributed by atoms with Crippen molar-refractivity contribution in [2.45, 2.75) is 13.5 Å². The van der Waals surface area contributed by atoms with Crippen molar-refractivity contribution in [3.63, 3.8) is 0 Å². The first-order valence-corrected chi connectivity index (χ1v) is 4.38. The summed E-state index contributed by atoms with van der Waals surface area (Å²) in [6.45, 7) is 2.64. The molecule has 2 heterocycles. The largest absolute Gasteiger partial charge is 0.467 e. The summed E-state index contributed by atoms with van der Waals surface area (Å²) in [7, 11) is 1.84. The van der Waals surface area contributed by atoms with Crippen molar-refractivity contribution in [1.29, 1.82) is 0 Å². The van der Waals surface area contributed by atoms with E-state index >= 15 is 0 Å². The summed E-state index contributed by atoms with van der Waals surface area (Å²) in [6.07, 6.45) is 3.19. The lowest BCUT2D eigenvalue weighted by Crippen LogP contribution is -2.05. The van der Waals surface area contributed by atoms with E-state index in [1.165, 1.54) is 6.33 Å². The van der Waals surface area contributed by atoms with Crippen LogP contribution in [0.1, 0.15) is 11.3 Å². The standard InChI is InChI=1S/C9H12N4O/c1-7-3-4-14-8(7)5-10-9-11-6-12-13(9)2/h3-4,6H,5H2,1-2H3,(H,10,11,12). The van der Waals surface area contributed by atoms with Crippen LogP contribution in [0, 0.1) is 6.92 Å². The lowest BCUT2D eigenvalue weighted by atomic mass is 10.3. The molecule has 5 heteroatoms. The lowest BCUT2D eigenvalue weighted by Gasteiger charge is -2.02. The van der Waals surface area contributed by atoms with Gasteiger partial charge in [-0.05, 0) is 18.6 Å². The van der Waals surface area contributed by atoms with Gasteiger partial charge in [0.1, 0.15) is 12.1 Å². The molecule has 0 unspecified atom stereocenters. The highest BCUT2D eigenvalue weighted by Crippen LogP contribution is 2.10. The minimum Gasteiger partial charge on any atom is -0.467 e. The van der Waals surface area contributed by atoms with E-state index in [0.717, 1.165) is 17.3 Å². The smallest absolute Gasteiger partial charge is 0.221 e.